The van der Waals surface area contributed by atoms with Crippen molar-refractivity contribution in [2.24, 2.45) is 0 Å². The largest absolute Gasteiger partial charge is 0.494 e. The monoisotopic (exact) mass is 292 g/mol. The molecule has 0 fully saturated rings. The summed E-state index contributed by atoms with van der Waals surface area (Å²) in [4.78, 5) is 0. The molecule has 0 aliphatic heterocycles. The zero-order valence-corrected chi connectivity index (χ0v) is 11.3. The Morgan fingerprint density at radius 3 is 2.35 bits per heavy atom. The molecule has 0 saturated heterocycles. The molecule has 1 rings (SSSR count). The summed E-state index contributed by atoms with van der Waals surface area (Å²) in [5.41, 5.74) is 0.584. The lowest BCUT2D eigenvalue weighted by atomic mass is 10.1. The molecule has 0 heterocycles. The van der Waals surface area contributed by atoms with Crippen LogP contribution in [0.2, 0.25) is 0 Å². The molecule has 1 aromatic carbocycles. The van der Waals surface area contributed by atoms with Gasteiger partial charge in [0.05, 0.1) is 26.2 Å². The summed E-state index contributed by atoms with van der Waals surface area (Å²) >= 11 is 0. The first-order valence-electron chi connectivity index (χ1n) is 6.47. The molecule has 1 N–H and O–H groups in total. The fourth-order valence-corrected chi connectivity index (χ4v) is 1.49. The summed E-state index contributed by atoms with van der Waals surface area (Å²) in [5, 5.41) is 9.77. The molecule has 0 bridgehead atoms. The molecule has 114 valence electrons. The van der Waals surface area contributed by atoms with Gasteiger partial charge >= 0.3 is 6.18 Å². The fourth-order valence-electron chi connectivity index (χ4n) is 1.49. The van der Waals surface area contributed by atoms with Crippen molar-refractivity contribution >= 4 is 0 Å². The maximum atomic E-state index is 11.9. The van der Waals surface area contributed by atoms with Crippen LogP contribution in [0.15, 0.2) is 24.3 Å². The predicted octanol–water partition coefficient (Wildman–Crippen LogP) is 3.48. The topological polar surface area (TPSA) is 38.7 Å². The van der Waals surface area contributed by atoms with Crippen molar-refractivity contribution in [1.82, 2.24) is 0 Å². The van der Waals surface area contributed by atoms with Gasteiger partial charge in [-0.2, -0.15) is 13.2 Å². The number of hydrogen-bond acceptors (Lipinski definition) is 3. The molecule has 0 aliphatic rings. The Morgan fingerprint density at radius 1 is 1.15 bits per heavy atom. The lowest BCUT2D eigenvalue weighted by Gasteiger charge is -2.13. The molecule has 0 amide bonds. The van der Waals surface area contributed by atoms with E-state index in [1.165, 1.54) is 0 Å². The van der Waals surface area contributed by atoms with Gasteiger partial charge in [-0.3, -0.25) is 0 Å². The molecular formula is C14H19F3O3. The highest BCUT2D eigenvalue weighted by molar-refractivity contribution is 5.28. The highest BCUT2D eigenvalue weighted by atomic mass is 19.4. The summed E-state index contributed by atoms with van der Waals surface area (Å²) in [5.74, 6) is 0.695. The van der Waals surface area contributed by atoms with Crippen molar-refractivity contribution in [2.45, 2.75) is 32.0 Å². The van der Waals surface area contributed by atoms with Gasteiger partial charge in [-0.15, -0.1) is 0 Å². The summed E-state index contributed by atoms with van der Waals surface area (Å²) in [6, 6.07) is 6.76. The van der Waals surface area contributed by atoms with Crippen LogP contribution in [-0.2, 0) is 4.74 Å². The number of aliphatic hydroxyl groups is 1. The maximum absolute atomic E-state index is 11.9. The van der Waals surface area contributed by atoms with E-state index in [9.17, 15) is 18.3 Å². The third-order valence-corrected chi connectivity index (χ3v) is 2.54. The van der Waals surface area contributed by atoms with Crippen molar-refractivity contribution in [3.05, 3.63) is 29.8 Å². The lowest BCUT2D eigenvalue weighted by Crippen LogP contribution is -2.14. The Kier molecular flexibility index (Phi) is 6.81. The first-order valence-corrected chi connectivity index (χ1v) is 6.47. The van der Waals surface area contributed by atoms with Crippen molar-refractivity contribution < 1.29 is 27.8 Å². The summed E-state index contributed by atoms with van der Waals surface area (Å²) in [7, 11) is 0. The quantitative estimate of drug-likeness (QED) is 0.746. The van der Waals surface area contributed by atoms with Gasteiger partial charge in [-0.05, 0) is 24.1 Å². The SMILES string of the molecule is CCCOc1ccc(C(O)COCCC(F)(F)F)cc1. The van der Waals surface area contributed by atoms with E-state index in [1.54, 1.807) is 24.3 Å². The third-order valence-electron chi connectivity index (χ3n) is 2.54. The third kappa shape index (κ3) is 6.77. The van der Waals surface area contributed by atoms with E-state index in [0.29, 0.717) is 17.9 Å². The zero-order valence-electron chi connectivity index (χ0n) is 11.3. The maximum Gasteiger partial charge on any atom is 0.391 e. The van der Waals surface area contributed by atoms with Crippen LogP contribution in [0.3, 0.4) is 0 Å². The summed E-state index contributed by atoms with van der Waals surface area (Å²) < 4.78 is 45.9. The average molecular weight is 292 g/mol. The molecule has 0 aliphatic carbocycles. The Morgan fingerprint density at radius 2 is 1.80 bits per heavy atom. The summed E-state index contributed by atoms with van der Waals surface area (Å²) in [6.07, 6.45) is -5.28. The second kappa shape index (κ2) is 8.11. The van der Waals surface area contributed by atoms with Crippen molar-refractivity contribution in [1.29, 1.82) is 0 Å². The number of alkyl halides is 3. The zero-order chi connectivity index (χ0) is 15.0. The highest BCUT2D eigenvalue weighted by Gasteiger charge is 2.26. The van der Waals surface area contributed by atoms with Crippen LogP contribution in [0.4, 0.5) is 13.2 Å². The lowest BCUT2D eigenvalue weighted by molar-refractivity contribution is -0.147. The number of rotatable bonds is 8. The molecule has 0 radical (unpaired) electrons. The van der Waals surface area contributed by atoms with Crippen LogP contribution in [0.5, 0.6) is 5.75 Å². The number of benzene rings is 1. The number of aliphatic hydroxyl groups excluding tert-OH is 1. The Hall–Kier alpha value is -1.27. The van der Waals surface area contributed by atoms with Gasteiger partial charge in [-0.1, -0.05) is 19.1 Å². The molecule has 0 spiro atoms. The van der Waals surface area contributed by atoms with Crippen LogP contribution in [0, 0.1) is 0 Å². The minimum absolute atomic E-state index is 0.161. The van der Waals surface area contributed by atoms with Crippen molar-refractivity contribution in [3.8, 4) is 5.75 Å². The van der Waals surface area contributed by atoms with Crippen LogP contribution >= 0.6 is 0 Å². The smallest absolute Gasteiger partial charge is 0.391 e. The Balaban J connectivity index is 2.34. The normalized spacial score (nSPS) is 13.2. The first kappa shape index (κ1) is 16.8. The van der Waals surface area contributed by atoms with E-state index in [0.717, 1.165) is 6.42 Å². The van der Waals surface area contributed by atoms with E-state index in [-0.39, 0.29) is 6.61 Å². The van der Waals surface area contributed by atoms with Gasteiger partial charge in [0.15, 0.2) is 0 Å². The van der Waals surface area contributed by atoms with E-state index in [2.05, 4.69) is 0 Å². The molecule has 20 heavy (non-hydrogen) atoms. The molecule has 0 saturated carbocycles. The van der Waals surface area contributed by atoms with E-state index in [4.69, 9.17) is 9.47 Å². The Bertz CT molecular complexity index is 376. The van der Waals surface area contributed by atoms with Crippen molar-refractivity contribution in [3.63, 3.8) is 0 Å². The van der Waals surface area contributed by atoms with Gasteiger partial charge in [0, 0.05) is 0 Å². The second-order valence-electron chi connectivity index (χ2n) is 4.37. The molecule has 3 nitrogen and oxygen atoms in total. The van der Waals surface area contributed by atoms with Crippen molar-refractivity contribution in [2.75, 3.05) is 19.8 Å². The number of hydrogen-bond donors (Lipinski definition) is 1. The van der Waals surface area contributed by atoms with Gasteiger partial charge in [0.25, 0.3) is 0 Å². The van der Waals surface area contributed by atoms with Gasteiger partial charge in [-0.25, -0.2) is 0 Å². The second-order valence-corrected chi connectivity index (χ2v) is 4.37. The molecule has 1 unspecified atom stereocenters. The van der Waals surface area contributed by atoms with Crippen LogP contribution < -0.4 is 4.74 Å². The van der Waals surface area contributed by atoms with Gasteiger partial charge < -0.3 is 14.6 Å². The average Bonchev–Trinajstić information content (AvgIpc) is 2.40. The highest BCUT2D eigenvalue weighted by Crippen LogP contribution is 2.21. The molecule has 1 atom stereocenters. The standard InChI is InChI=1S/C14H19F3O3/c1-2-8-20-12-5-3-11(4-6-12)13(18)10-19-9-7-14(15,16)17/h3-6,13,18H,2,7-10H2,1H3. The van der Waals surface area contributed by atoms with Crippen LogP contribution in [-0.4, -0.2) is 31.1 Å². The molecule has 0 aromatic heterocycles. The number of ether oxygens (including phenoxy) is 2. The molecule has 6 heteroatoms. The van der Waals surface area contributed by atoms with Gasteiger partial charge in [0.1, 0.15) is 11.9 Å². The van der Waals surface area contributed by atoms with E-state index < -0.39 is 25.3 Å². The predicted molar refractivity (Wildman–Crippen MR) is 68.7 cm³/mol. The minimum Gasteiger partial charge on any atom is -0.494 e. The number of halogens is 3. The molecule has 1 aromatic rings. The van der Waals surface area contributed by atoms with Crippen LogP contribution in [0.25, 0.3) is 0 Å². The minimum atomic E-state index is -4.23. The molecular weight excluding hydrogens is 273 g/mol. The first-order chi connectivity index (χ1) is 9.42. The fraction of sp³-hybridized carbons (Fsp3) is 0.571. The summed E-state index contributed by atoms with van der Waals surface area (Å²) in [6.45, 7) is 2.00. The van der Waals surface area contributed by atoms with Gasteiger partial charge in [0.2, 0.25) is 0 Å². The van der Waals surface area contributed by atoms with E-state index >= 15 is 0 Å². The van der Waals surface area contributed by atoms with Crippen LogP contribution in [0.1, 0.15) is 31.4 Å². The van der Waals surface area contributed by atoms with E-state index in [1.807, 2.05) is 6.92 Å². The Labute approximate surface area is 116 Å².